The van der Waals surface area contributed by atoms with Crippen LogP contribution in [-0.2, 0) is 9.53 Å². The Hall–Kier alpha value is -1.57. The normalized spacial score (nSPS) is 31.6. The Labute approximate surface area is 101 Å². The van der Waals surface area contributed by atoms with Crippen molar-refractivity contribution in [1.29, 1.82) is 0 Å². The molecule has 0 spiro atoms. The molecule has 0 aromatic rings. The summed E-state index contributed by atoms with van der Waals surface area (Å²) >= 11 is 0. The lowest BCUT2D eigenvalue weighted by Crippen LogP contribution is -2.18. The molecule has 2 heteroatoms. The van der Waals surface area contributed by atoms with Crippen LogP contribution in [0.5, 0.6) is 0 Å². The van der Waals surface area contributed by atoms with E-state index in [0.717, 1.165) is 12.8 Å². The predicted octanol–water partition coefficient (Wildman–Crippen LogP) is 3.08. The van der Waals surface area contributed by atoms with E-state index < -0.39 is 0 Å². The van der Waals surface area contributed by atoms with Gasteiger partial charge in [-0.05, 0) is 37.8 Å². The summed E-state index contributed by atoms with van der Waals surface area (Å²) in [4.78, 5) is 11.6. The molecular weight excluding hydrogens is 212 g/mol. The zero-order valence-corrected chi connectivity index (χ0v) is 10.2. The second-order valence-electron chi connectivity index (χ2n) is 5.12. The van der Waals surface area contributed by atoms with Crippen molar-refractivity contribution in [1.82, 2.24) is 0 Å². The van der Waals surface area contributed by atoms with Crippen LogP contribution in [0, 0.1) is 5.92 Å². The van der Waals surface area contributed by atoms with E-state index in [1.807, 2.05) is 0 Å². The van der Waals surface area contributed by atoms with E-state index in [4.69, 9.17) is 4.74 Å². The van der Waals surface area contributed by atoms with Crippen LogP contribution in [0.15, 0.2) is 46.6 Å². The number of fused-ring (bicyclic) bond motifs is 3. The lowest BCUT2D eigenvalue weighted by molar-refractivity contribution is -0.137. The van der Waals surface area contributed by atoms with Gasteiger partial charge in [0.25, 0.3) is 0 Å². The number of ether oxygens (including phenoxy) is 1. The fourth-order valence-corrected chi connectivity index (χ4v) is 3.05. The fraction of sp³-hybridized carbons (Fsp3) is 0.400. The molecule has 88 valence electrons. The first kappa shape index (κ1) is 10.6. The van der Waals surface area contributed by atoms with Crippen LogP contribution in [0.3, 0.4) is 0 Å². The first-order valence-corrected chi connectivity index (χ1v) is 6.08. The Bertz CT molecular complexity index is 517. The van der Waals surface area contributed by atoms with Gasteiger partial charge in [0.1, 0.15) is 6.10 Å². The SMILES string of the molecule is C=C1C(=O)OC2C3=C(C)C=CC3=C(C)CC[C@@H]12. The van der Waals surface area contributed by atoms with E-state index in [9.17, 15) is 4.79 Å². The van der Waals surface area contributed by atoms with E-state index in [2.05, 4.69) is 32.6 Å². The van der Waals surface area contributed by atoms with Crippen LogP contribution in [0.4, 0.5) is 0 Å². The maximum absolute atomic E-state index is 11.6. The number of allylic oxidation sites excluding steroid dienone is 4. The molecule has 0 aromatic carbocycles. The van der Waals surface area contributed by atoms with Gasteiger partial charge in [0.05, 0.1) is 0 Å². The molecule has 17 heavy (non-hydrogen) atoms. The van der Waals surface area contributed by atoms with Crippen molar-refractivity contribution in [3.05, 3.63) is 46.6 Å². The summed E-state index contributed by atoms with van der Waals surface area (Å²) in [6.45, 7) is 8.15. The summed E-state index contributed by atoms with van der Waals surface area (Å²) in [5.74, 6) is -0.0501. The van der Waals surface area contributed by atoms with Gasteiger partial charge in [-0.2, -0.15) is 0 Å². The predicted molar refractivity (Wildman–Crippen MR) is 66.3 cm³/mol. The van der Waals surface area contributed by atoms with E-state index in [1.54, 1.807) is 0 Å². The molecule has 0 radical (unpaired) electrons. The first-order valence-electron chi connectivity index (χ1n) is 6.08. The van der Waals surface area contributed by atoms with Gasteiger partial charge >= 0.3 is 5.97 Å². The molecule has 1 fully saturated rings. The quantitative estimate of drug-likeness (QED) is 0.470. The Balaban J connectivity index is 2.13. The summed E-state index contributed by atoms with van der Waals surface area (Å²) in [5, 5.41) is 0. The van der Waals surface area contributed by atoms with E-state index >= 15 is 0 Å². The average molecular weight is 228 g/mol. The van der Waals surface area contributed by atoms with Crippen molar-refractivity contribution in [2.24, 2.45) is 5.92 Å². The summed E-state index contributed by atoms with van der Waals surface area (Å²) in [6.07, 6.45) is 6.16. The minimum Gasteiger partial charge on any atom is -0.453 e. The molecule has 1 aliphatic heterocycles. The van der Waals surface area contributed by atoms with Crippen LogP contribution in [0.25, 0.3) is 0 Å². The van der Waals surface area contributed by atoms with Gasteiger partial charge in [-0.25, -0.2) is 4.79 Å². The molecule has 2 atom stereocenters. The number of rotatable bonds is 0. The summed E-state index contributed by atoms with van der Waals surface area (Å²) in [7, 11) is 0. The van der Waals surface area contributed by atoms with Crippen LogP contribution in [0.1, 0.15) is 26.7 Å². The summed E-state index contributed by atoms with van der Waals surface area (Å²) in [5.41, 5.74) is 5.75. The van der Waals surface area contributed by atoms with Gasteiger partial charge in [0.2, 0.25) is 0 Å². The van der Waals surface area contributed by atoms with Crippen molar-refractivity contribution in [3.8, 4) is 0 Å². The number of hydrogen-bond donors (Lipinski definition) is 0. The maximum atomic E-state index is 11.6. The monoisotopic (exact) mass is 228 g/mol. The van der Waals surface area contributed by atoms with Gasteiger partial charge in [0, 0.05) is 17.1 Å². The molecule has 0 N–H and O–H groups in total. The van der Waals surface area contributed by atoms with Crippen LogP contribution in [0.2, 0.25) is 0 Å². The average Bonchev–Trinajstić information content (AvgIpc) is 2.75. The second-order valence-corrected chi connectivity index (χ2v) is 5.12. The van der Waals surface area contributed by atoms with E-state index in [0.29, 0.717) is 5.57 Å². The van der Waals surface area contributed by atoms with Gasteiger partial charge in [-0.15, -0.1) is 0 Å². The molecule has 3 aliphatic rings. The number of esters is 1. The molecule has 0 bridgehead atoms. The molecule has 2 aliphatic carbocycles. The number of carbonyl (C=O) groups is 1. The van der Waals surface area contributed by atoms with Crippen molar-refractivity contribution in [3.63, 3.8) is 0 Å². The van der Waals surface area contributed by atoms with Crippen molar-refractivity contribution in [2.45, 2.75) is 32.8 Å². The van der Waals surface area contributed by atoms with E-state index in [-0.39, 0.29) is 18.0 Å². The van der Waals surface area contributed by atoms with Crippen molar-refractivity contribution in [2.75, 3.05) is 0 Å². The molecular formula is C15H16O2. The number of hydrogen-bond acceptors (Lipinski definition) is 2. The smallest absolute Gasteiger partial charge is 0.334 e. The highest BCUT2D eigenvalue weighted by molar-refractivity contribution is 5.91. The summed E-state index contributed by atoms with van der Waals surface area (Å²) in [6, 6.07) is 0. The largest absolute Gasteiger partial charge is 0.453 e. The Morgan fingerprint density at radius 2 is 2.12 bits per heavy atom. The summed E-state index contributed by atoms with van der Waals surface area (Å²) < 4.78 is 5.52. The third kappa shape index (κ3) is 1.36. The lowest BCUT2D eigenvalue weighted by Gasteiger charge is -2.18. The Morgan fingerprint density at radius 1 is 1.35 bits per heavy atom. The molecule has 2 nitrogen and oxygen atoms in total. The minimum atomic E-state index is -0.217. The third-order valence-corrected chi connectivity index (χ3v) is 4.10. The zero-order chi connectivity index (χ0) is 12.2. The standard InChI is InChI=1S/C15H16O2/c1-8-4-7-12-10(3)15(16)17-14(12)13-9(2)5-6-11(8)13/h5-6,12,14H,3-4,7H2,1-2H3/t12-,14?/m0/s1. The third-order valence-electron chi connectivity index (χ3n) is 4.10. The van der Waals surface area contributed by atoms with Gasteiger partial charge in [0.15, 0.2) is 0 Å². The van der Waals surface area contributed by atoms with Crippen molar-refractivity contribution >= 4 is 5.97 Å². The molecule has 1 unspecified atom stereocenters. The van der Waals surface area contributed by atoms with Crippen LogP contribution < -0.4 is 0 Å². The number of carbonyl (C=O) groups excluding carboxylic acids is 1. The molecule has 1 saturated heterocycles. The van der Waals surface area contributed by atoms with Gasteiger partial charge in [-0.3, -0.25) is 0 Å². The molecule has 0 saturated carbocycles. The molecule has 0 aromatic heterocycles. The molecule has 3 rings (SSSR count). The Kier molecular flexibility index (Phi) is 2.15. The van der Waals surface area contributed by atoms with Crippen LogP contribution >= 0.6 is 0 Å². The topological polar surface area (TPSA) is 26.3 Å². The lowest BCUT2D eigenvalue weighted by atomic mass is 9.88. The van der Waals surface area contributed by atoms with Crippen molar-refractivity contribution < 1.29 is 9.53 Å². The van der Waals surface area contributed by atoms with E-state index in [1.165, 1.54) is 22.3 Å². The molecule has 1 heterocycles. The first-order chi connectivity index (χ1) is 8.09. The van der Waals surface area contributed by atoms with Crippen LogP contribution in [-0.4, -0.2) is 12.1 Å². The fourth-order valence-electron chi connectivity index (χ4n) is 3.05. The zero-order valence-electron chi connectivity index (χ0n) is 10.2. The second kappa shape index (κ2) is 3.46. The van der Waals surface area contributed by atoms with Gasteiger partial charge in [-0.1, -0.05) is 24.3 Å². The highest BCUT2D eigenvalue weighted by Crippen LogP contribution is 2.45. The highest BCUT2D eigenvalue weighted by Gasteiger charge is 2.43. The Morgan fingerprint density at radius 3 is 2.88 bits per heavy atom. The minimum absolute atomic E-state index is 0.0996. The van der Waals surface area contributed by atoms with Gasteiger partial charge < -0.3 is 4.74 Å². The maximum Gasteiger partial charge on any atom is 0.334 e. The molecule has 0 amide bonds. The highest BCUT2D eigenvalue weighted by atomic mass is 16.6.